The van der Waals surface area contributed by atoms with Crippen LogP contribution in [-0.2, 0) is 4.79 Å². The fourth-order valence-electron chi connectivity index (χ4n) is 0.930. The quantitative estimate of drug-likeness (QED) is 0.466. The van der Waals surface area contributed by atoms with Crippen molar-refractivity contribution in [3.05, 3.63) is 11.9 Å². The van der Waals surface area contributed by atoms with Crippen LogP contribution in [-0.4, -0.2) is 50.1 Å². The van der Waals surface area contributed by atoms with Gasteiger partial charge in [0.05, 0.1) is 6.20 Å². The number of H-pyrrole nitrogens is 1. The molecule has 0 bridgehead atoms. The summed E-state index contributed by atoms with van der Waals surface area (Å²) in [6.07, 6.45) is 1.12. The van der Waals surface area contributed by atoms with E-state index in [0.717, 1.165) is 0 Å². The van der Waals surface area contributed by atoms with Crippen LogP contribution in [0.2, 0.25) is 0 Å². The summed E-state index contributed by atoms with van der Waals surface area (Å²) in [5, 5.41) is 28.6. The number of nitrogens with zero attached hydrogens (tertiary/aromatic N) is 2. The third-order valence-electron chi connectivity index (χ3n) is 1.67. The van der Waals surface area contributed by atoms with Crippen LogP contribution in [0.5, 0.6) is 0 Å². The average molecular weight is 214 g/mol. The highest BCUT2D eigenvalue weighted by molar-refractivity contribution is 5.94. The maximum absolute atomic E-state index is 11.3. The number of carboxylic acids is 1. The molecule has 1 rings (SSSR count). The summed E-state index contributed by atoms with van der Waals surface area (Å²) in [5.41, 5.74) is -0.000750. The van der Waals surface area contributed by atoms with Gasteiger partial charge in [0.2, 0.25) is 0 Å². The van der Waals surface area contributed by atoms with Crippen molar-refractivity contribution in [2.75, 3.05) is 6.61 Å². The maximum atomic E-state index is 11.3. The van der Waals surface area contributed by atoms with Gasteiger partial charge in [-0.2, -0.15) is 15.4 Å². The largest absolute Gasteiger partial charge is 0.480 e. The van der Waals surface area contributed by atoms with Gasteiger partial charge in [-0.1, -0.05) is 0 Å². The summed E-state index contributed by atoms with van der Waals surface area (Å²) in [6.45, 7) is -0.323. The Bertz CT molecular complexity index is 337. The van der Waals surface area contributed by atoms with Crippen LogP contribution < -0.4 is 5.32 Å². The van der Waals surface area contributed by atoms with Gasteiger partial charge in [-0.3, -0.25) is 4.79 Å². The van der Waals surface area contributed by atoms with Crippen molar-refractivity contribution in [1.82, 2.24) is 20.7 Å². The molecule has 0 saturated carbocycles. The summed E-state index contributed by atoms with van der Waals surface area (Å²) in [7, 11) is 0. The number of hydrogen-bond donors (Lipinski definition) is 4. The topological polar surface area (TPSA) is 128 Å². The van der Waals surface area contributed by atoms with Crippen LogP contribution in [0.25, 0.3) is 0 Å². The molecule has 0 aliphatic heterocycles. The molecule has 1 aromatic rings. The van der Waals surface area contributed by atoms with E-state index >= 15 is 0 Å². The third-order valence-corrected chi connectivity index (χ3v) is 1.67. The van der Waals surface area contributed by atoms with E-state index in [1.807, 2.05) is 0 Å². The zero-order chi connectivity index (χ0) is 11.3. The first-order valence-electron chi connectivity index (χ1n) is 4.15. The Balaban J connectivity index is 2.59. The molecule has 0 radical (unpaired) electrons. The van der Waals surface area contributed by atoms with Gasteiger partial charge in [-0.25, -0.2) is 4.79 Å². The summed E-state index contributed by atoms with van der Waals surface area (Å²) in [6, 6.07) is -1.13. The van der Waals surface area contributed by atoms with Crippen LogP contribution in [0.4, 0.5) is 0 Å². The first-order chi connectivity index (χ1) is 7.15. The smallest absolute Gasteiger partial charge is 0.326 e. The monoisotopic (exact) mass is 214 g/mol. The second-order valence-corrected chi connectivity index (χ2v) is 2.73. The van der Waals surface area contributed by atoms with E-state index in [-0.39, 0.29) is 18.7 Å². The SMILES string of the molecule is O=C(N[C@H](CCO)C(=O)O)c1cn[nH]n1. The fourth-order valence-corrected chi connectivity index (χ4v) is 0.930. The number of aromatic amines is 1. The number of aliphatic hydroxyl groups is 1. The van der Waals surface area contributed by atoms with E-state index < -0.39 is 17.9 Å². The van der Waals surface area contributed by atoms with E-state index in [1.165, 1.54) is 6.20 Å². The normalized spacial score (nSPS) is 12.1. The lowest BCUT2D eigenvalue weighted by Crippen LogP contribution is -2.41. The summed E-state index contributed by atoms with van der Waals surface area (Å²) in [5.74, 6) is -1.86. The summed E-state index contributed by atoms with van der Waals surface area (Å²) < 4.78 is 0. The molecule has 1 aromatic heterocycles. The Kier molecular flexibility index (Phi) is 3.75. The molecular weight excluding hydrogens is 204 g/mol. The van der Waals surface area contributed by atoms with Gasteiger partial charge in [0.15, 0.2) is 5.69 Å². The van der Waals surface area contributed by atoms with Crippen molar-refractivity contribution in [2.45, 2.75) is 12.5 Å². The summed E-state index contributed by atoms with van der Waals surface area (Å²) >= 11 is 0. The Morgan fingerprint density at radius 3 is 2.80 bits per heavy atom. The molecule has 0 fully saturated rings. The van der Waals surface area contributed by atoms with Gasteiger partial charge < -0.3 is 15.5 Å². The van der Waals surface area contributed by atoms with E-state index in [4.69, 9.17) is 10.2 Å². The number of rotatable bonds is 5. The molecule has 82 valence electrons. The molecule has 0 unspecified atom stereocenters. The second kappa shape index (κ2) is 5.05. The van der Waals surface area contributed by atoms with E-state index in [1.54, 1.807) is 0 Å². The molecule has 1 atom stereocenters. The first kappa shape index (κ1) is 11.1. The van der Waals surface area contributed by atoms with Crippen LogP contribution >= 0.6 is 0 Å². The van der Waals surface area contributed by atoms with Gasteiger partial charge in [-0.05, 0) is 0 Å². The molecular formula is C7H10N4O4. The van der Waals surface area contributed by atoms with Gasteiger partial charge in [0.1, 0.15) is 6.04 Å². The molecule has 0 spiro atoms. The highest BCUT2D eigenvalue weighted by Crippen LogP contribution is 1.95. The zero-order valence-electron chi connectivity index (χ0n) is 7.67. The number of amides is 1. The minimum atomic E-state index is -1.21. The van der Waals surface area contributed by atoms with E-state index in [0.29, 0.717) is 0 Å². The number of nitrogens with one attached hydrogen (secondary N) is 2. The fraction of sp³-hybridized carbons (Fsp3) is 0.429. The molecule has 0 saturated heterocycles. The van der Waals surface area contributed by atoms with Gasteiger partial charge in [0, 0.05) is 13.0 Å². The maximum Gasteiger partial charge on any atom is 0.326 e. The Hall–Kier alpha value is -1.96. The lowest BCUT2D eigenvalue weighted by molar-refractivity contribution is -0.139. The van der Waals surface area contributed by atoms with E-state index in [9.17, 15) is 9.59 Å². The van der Waals surface area contributed by atoms with Crippen molar-refractivity contribution in [3.63, 3.8) is 0 Å². The van der Waals surface area contributed by atoms with Crippen molar-refractivity contribution >= 4 is 11.9 Å². The first-order valence-corrected chi connectivity index (χ1v) is 4.15. The third kappa shape index (κ3) is 3.02. The number of aliphatic hydroxyl groups excluding tert-OH is 1. The Morgan fingerprint density at radius 2 is 2.33 bits per heavy atom. The zero-order valence-corrected chi connectivity index (χ0v) is 7.67. The van der Waals surface area contributed by atoms with Crippen molar-refractivity contribution in [2.24, 2.45) is 0 Å². The molecule has 8 heteroatoms. The molecule has 8 nitrogen and oxygen atoms in total. The molecule has 1 heterocycles. The molecule has 15 heavy (non-hydrogen) atoms. The Morgan fingerprint density at radius 1 is 1.60 bits per heavy atom. The minimum Gasteiger partial charge on any atom is -0.480 e. The van der Waals surface area contributed by atoms with E-state index in [2.05, 4.69) is 20.7 Å². The van der Waals surface area contributed by atoms with Crippen molar-refractivity contribution in [3.8, 4) is 0 Å². The van der Waals surface area contributed by atoms with Crippen LogP contribution in [0.15, 0.2) is 6.20 Å². The predicted molar refractivity (Wildman–Crippen MR) is 47.0 cm³/mol. The molecule has 0 aliphatic rings. The average Bonchev–Trinajstić information content (AvgIpc) is 2.69. The van der Waals surface area contributed by atoms with Crippen LogP contribution in [0, 0.1) is 0 Å². The van der Waals surface area contributed by atoms with Crippen molar-refractivity contribution < 1.29 is 19.8 Å². The number of carbonyl (C=O) groups excluding carboxylic acids is 1. The van der Waals surface area contributed by atoms with Gasteiger partial charge >= 0.3 is 5.97 Å². The van der Waals surface area contributed by atoms with Gasteiger partial charge in [-0.15, -0.1) is 0 Å². The lowest BCUT2D eigenvalue weighted by Gasteiger charge is -2.11. The number of carboxylic acid groups (broad SMARTS) is 1. The second-order valence-electron chi connectivity index (χ2n) is 2.73. The number of aromatic nitrogens is 3. The van der Waals surface area contributed by atoms with Crippen LogP contribution in [0.1, 0.15) is 16.9 Å². The molecule has 0 aromatic carbocycles. The number of aliphatic carboxylic acids is 1. The minimum absolute atomic E-state index is 0.000750. The Labute approximate surface area is 84.3 Å². The highest BCUT2D eigenvalue weighted by atomic mass is 16.4. The number of hydrogen-bond acceptors (Lipinski definition) is 5. The lowest BCUT2D eigenvalue weighted by atomic mass is 10.2. The van der Waals surface area contributed by atoms with Crippen LogP contribution in [0.3, 0.4) is 0 Å². The molecule has 0 aliphatic carbocycles. The number of carbonyl (C=O) groups is 2. The molecule has 4 N–H and O–H groups in total. The molecule has 1 amide bonds. The van der Waals surface area contributed by atoms with Crippen molar-refractivity contribution in [1.29, 1.82) is 0 Å². The summed E-state index contributed by atoms with van der Waals surface area (Å²) in [4.78, 5) is 21.9. The highest BCUT2D eigenvalue weighted by Gasteiger charge is 2.20. The standard InChI is InChI=1S/C7H10N4O4/c12-2-1-4(7(14)15)9-6(13)5-3-8-11-10-5/h3-4,12H,1-2H2,(H,9,13)(H,14,15)(H,8,10,11)/t4-/m1/s1. The predicted octanol–water partition coefficient (Wildman–Crippen LogP) is -1.63. The van der Waals surface area contributed by atoms with Gasteiger partial charge in [0.25, 0.3) is 5.91 Å².